The molecule has 29 nitrogen and oxygen atoms in total. The van der Waals surface area contributed by atoms with E-state index in [1.807, 2.05) is 193 Å². The number of H-pyrrole nitrogens is 1. The van der Waals surface area contributed by atoms with Crippen molar-refractivity contribution in [2.75, 3.05) is 65.7 Å². The molecule has 10 atom stereocenters. The van der Waals surface area contributed by atoms with Gasteiger partial charge in [-0.1, -0.05) is 213 Å². The maximum atomic E-state index is 17.1. The highest BCUT2D eigenvalue weighted by Crippen LogP contribution is 2.58. The lowest BCUT2D eigenvalue weighted by molar-refractivity contribution is -0.119. The summed E-state index contributed by atoms with van der Waals surface area (Å²) in [4.78, 5) is 92.6. The third-order valence-corrected chi connectivity index (χ3v) is 37.3. The Morgan fingerprint density at radius 3 is 1.66 bits per heavy atom. The first-order chi connectivity index (χ1) is 60.8. The third kappa shape index (κ3) is 26.5. The second-order valence-electron chi connectivity index (χ2n) is 37.2. The number of carbonyl (C=O) groups is 2. The number of rotatable bonds is 51. The van der Waals surface area contributed by atoms with Crippen molar-refractivity contribution >= 4 is 61.9 Å². The maximum Gasteiger partial charge on any atom is 0.475 e. The molecule has 5 heterocycles. The van der Waals surface area contributed by atoms with E-state index in [-0.39, 0.29) is 54.5 Å². The van der Waals surface area contributed by atoms with E-state index in [0.717, 1.165) is 41.9 Å². The number of imidazole rings is 1. The number of benzene rings is 4. The topological polar surface area (TPSA) is 303 Å². The Bertz CT molecular complexity index is 5000. The molecule has 33 heteroatoms. The fourth-order valence-electron chi connectivity index (χ4n) is 15.3. The predicted molar refractivity (Wildman–Crippen MR) is 505 cm³/mol. The summed E-state index contributed by atoms with van der Waals surface area (Å²) in [6, 6.07) is 28.2. The van der Waals surface area contributed by atoms with Crippen LogP contribution in [0.25, 0.3) is 20.9 Å². The Kier molecular flexibility index (Phi) is 38.5. The highest BCUT2D eigenvalue weighted by Gasteiger charge is 2.58. The number of ether oxygens (including phenoxy) is 6. The van der Waals surface area contributed by atoms with Crippen molar-refractivity contribution in [2.24, 2.45) is 5.92 Å². The van der Waals surface area contributed by atoms with E-state index in [1.54, 1.807) is 40.2 Å². The summed E-state index contributed by atoms with van der Waals surface area (Å²) in [6.07, 6.45) is 10.7. The average molecular weight is 1840 g/mol. The summed E-state index contributed by atoms with van der Waals surface area (Å²) in [5.41, 5.74) is -0.907. The summed E-state index contributed by atoms with van der Waals surface area (Å²) in [7, 11) is -10.7. The van der Waals surface area contributed by atoms with Crippen LogP contribution in [0.15, 0.2) is 124 Å². The van der Waals surface area contributed by atoms with E-state index in [9.17, 15) is 14.4 Å². The van der Waals surface area contributed by atoms with Crippen molar-refractivity contribution < 1.29 is 74.0 Å². The molecule has 3 aromatic heterocycles. The monoisotopic (exact) mass is 1840 g/mol. The molecule has 128 heavy (non-hydrogen) atoms. The molecule has 2 fully saturated rings. The lowest BCUT2D eigenvalue weighted by Gasteiger charge is -2.42. The van der Waals surface area contributed by atoms with Gasteiger partial charge >= 0.3 is 13.5 Å². The van der Waals surface area contributed by atoms with E-state index in [2.05, 4.69) is 31.9 Å². The number of phosphoric ester groups is 1. The number of phosphoric acid groups is 1. The fourth-order valence-corrected chi connectivity index (χ4v) is 21.0. The quantitative estimate of drug-likeness (QED) is 0.0118. The van der Waals surface area contributed by atoms with E-state index < -0.39 is 152 Å². The largest absolute Gasteiger partial charge is 0.497 e. The summed E-state index contributed by atoms with van der Waals surface area (Å²) in [5.74, 6) is -0.480. The van der Waals surface area contributed by atoms with Crippen LogP contribution < -0.4 is 36.3 Å². The van der Waals surface area contributed by atoms with Crippen LogP contribution in [0, 0.1) is 32.9 Å². The zero-order valence-electron chi connectivity index (χ0n) is 79.2. The molecule has 2 aliphatic rings. The predicted octanol–water partition coefficient (Wildman–Crippen LogP) is 20.4. The van der Waals surface area contributed by atoms with Crippen LogP contribution in [-0.4, -0.2) is 171 Å². The Morgan fingerprint density at radius 1 is 0.641 bits per heavy atom. The van der Waals surface area contributed by atoms with Crippen molar-refractivity contribution in [1.29, 1.82) is 0 Å². The van der Waals surface area contributed by atoms with Crippen molar-refractivity contribution in [1.82, 2.24) is 33.3 Å². The number of aromatic nitrogens is 6. The van der Waals surface area contributed by atoms with Crippen LogP contribution in [0.3, 0.4) is 0 Å². The molecule has 0 spiro atoms. The first kappa shape index (κ1) is 104. The van der Waals surface area contributed by atoms with Gasteiger partial charge in [-0.15, -0.1) is 0 Å². The number of amides is 1. The van der Waals surface area contributed by atoms with Gasteiger partial charge < -0.3 is 56.0 Å². The van der Waals surface area contributed by atoms with Gasteiger partial charge in [0, 0.05) is 35.8 Å². The number of hydrogen-bond donors (Lipinski definition) is 2. The number of anilines is 1. The number of nitrogens with one attached hydrogen (secondary N) is 2. The Morgan fingerprint density at radius 2 is 1.15 bits per heavy atom. The number of fused-ring (bicyclic) bond motifs is 1. The maximum absolute atomic E-state index is 17.1. The van der Waals surface area contributed by atoms with Crippen LogP contribution in [0.1, 0.15) is 243 Å². The molecule has 0 bridgehead atoms. The molecular formula is C95H140N10O19P2Si2. The first-order valence-corrected chi connectivity index (χ1v) is 53.9. The van der Waals surface area contributed by atoms with Gasteiger partial charge in [0.25, 0.3) is 25.6 Å². The molecule has 2 saturated heterocycles. The highest BCUT2D eigenvalue weighted by atomic mass is 31.2. The number of unbranched alkanes of at least 4 members (excludes halogenated alkanes) is 15. The van der Waals surface area contributed by atoms with Gasteiger partial charge in [0.15, 0.2) is 40.3 Å². The van der Waals surface area contributed by atoms with Crippen molar-refractivity contribution in [3.63, 3.8) is 0 Å². The van der Waals surface area contributed by atoms with Gasteiger partial charge in [-0.25, -0.2) is 32.2 Å². The molecular weight excluding hydrogens is 1700 g/mol. The first-order valence-electron chi connectivity index (χ1n) is 45.5. The minimum Gasteiger partial charge on any atom is -0.497 e. The number of methoxy groups -OCH3 is 2. The van der Waals surface area contributed by atoms with E-state index in [0.29, 0.717) is 50.7 Å². The van der Waals surface area contributed by atoms with E-state index in [4.69, 9.17) is 78.0 Å². The molecule has 7 aromatic rings. The van der Waals surface area contributed by atoms with E-state index in [1.165, 1.54) is 94.1 Å². The van der Waals surface area contributed by atoms with Gasteiger partial charge in [-0.3, -0.25) is 52.2 Å². The van der Waals surface area contributed by atoms with Crippen LogP contribution in [0.5, 0.6) is 17.2 Å². The van der Waals surface area contributed by atoms with Crippen LogP contribution in [-0.2, 0) is 60.6 Å². The van der Waals surface area contributed by atoms with Crippen molar-refractivity contribution in [2.45, 2.75) is 310 Å². The molecule has 0 aliphatic carbocycles. The SMILES string of the molecule is [C-]#[N+]CCOP(O[C@@H]1C(O[Si](C)(C)C(C)(C)C)[C@H](n2ccc(=O)n(C(=O)c3cc(C)c(C)c(OCCCCCCCCCCCCCCCCCC)c3)c2=O)O[C@@H]1COP(=O)(OCC[N+]#[C-])O[C@@H]1C(O[Si](C)(C)C(C)(C)C)[C@H](n2cnc3c(=O)[nH]c(NC(=O)C(C)C)nc32)O[C@@H]1COC(c1ccccc1)(c1ccc(OC)cc1)c1ccc(OC)cc1)N(C(C)C)C(C)C. The van der Waals surface area contributed by atoms with Gasteiger partial charge in [-0.05, 0) is 148 Å². The molecule has 0 saturated carbocycles. The number of aryl methyl sites for hydroxylation is 1. The average Bonchev–Trinajstić information content (AvgIpc) is 1.42. The standard InChI is InChI=1S/C95H140N10O19P2Si2/c1-24-25-26-27-28-29-30-31-32-33-34-35-36-37-38-42-57-114-76-61-70(60-68(8)69(76)9)88(109)104-79(106)53-56-102(92(104)110)89-83(123-127(20,21)93(10,11)12)81(121-125(116-58-54-96-16)105(66(4)5)67(6)7)78(120-89)63-118-126(111,117-59-55-97-17)122-82-77(62-115-95(71-43-40-39-41-44-71,72-45-49-74(112-18)50-46-72)73-47-51-75(113-19)52-48-73)119-90(84(82)124-128(22,23)94(13,14)15)103-64-98-80-85(103)99-91(101-87(80)108)100-86(107)65(2)3/h39-41,43-53,56,60-61,64-67,77-78,81-84,89-90H,24-38,42,54-55,57-59,62-63H2,1-15,18-23H3,(H2,99,100,101,107,108)/t77-,78-,81+,82+,83?,84?,89-,90-,125?,126?/m1/s1. The molecule has 4 aromatic carbocycles. The number of carbonyl (C=O) groups excluding carboxylic acids is 2. The van der Waals surface area contributed by atoms with Gasteiger partial charge in [0.2, 0.25) is 24.9 Å². The molecule has 2 N–H and O–H groups in total. The van der Waals surface area contributed by atoms with E-state index >= 15 is 14.2 Å². The molecule has 0 radical (unpaired) electrons. The zero-order valence-corrected chi connectivity index (χ0v) is 83.0. The lowest BCUT2D eigenvalue weighted by atomic mass is 9.80. The van der Waals surface area contributed by atoms with Crippen molar-refractivity contribution in [3.05, 3.63) is 197 Å². The minimum absolute atomic E-state index is 0.0285. The lowest BCUT2D eigenvalue weighted by Crippen LogP contribution is -2.51. The van der Waals surface area contributed by atoms with Crippen LogP contribution in [0.4, 0.5) is 5.95 Å². The van der Waals surface area contributed by atoms with Gasteiger partial charge in [-0.2, -0.15) is 9.55 Å². The normalized spacial score (nSPS) is 19.0. The summed E-state index contributed by atoms with van der Waals surface area (Å²) < 4.78 is 112. The Balaban J connectivity index is 1.16. The third-order valence-electron chi connectivity index (χ3n) is 24.7. The van der Waals surface area contributed by atoms with Gasteiger partial charge in [0.1, 0.15) is 72.7 Å². The molecule has 9 rings (SSSR count). The van der Waals surface area contributed by atoms with Crippen LogP contribution in [0.2, 0.25) is 36.3 Å². The fraction of sp³-hybridized carbons (Fsp3) is 0.611. The van der Waals surface area contributed by atoms with Crippen molar-refractivity contribution in [3.8, 4) is 17.2 Å². The second kappa shape index (κ2) is 47.4. The summed E-state index contributed by atoms with van der Waals surface area (Å²) in [5, 5.41) is 1.62. The number of aromatic amines is 1. The second-order valence-corrected chi connectivity index (χ2v) is 49.7. The Labute approximate surface area is 760 Å². The number of nitrogens with zero attached hydrogens (tertiary/aromatic N) is 8. The molecule has 4 unspecified atom stereocenters. The minimum atomic E-state index is -5.32. The molecule has 2 aliphatic heterocycles. The number of hydrogen-bond acceptors (Lipinski definition) is 22. The zero-order chi connectivity index (χ0) is 93.5. The molecule has 1 amide bonds. The molecule has 702 valence electrons. The smallest absolute Gasteiger partial charge is 0.475 e. The summed E-state index contributed by atoms with van der Waals surface area (Å²) in [6.45, 7) is 51.7. The van der Waals surface area contributed by atoms with Crippen LogP contribution >= 0.6 is 16.3 Å². The Hall–Kier alpha value is -7.92. The summed E-state index contributed by atoms with van der Waals surface area (Å²) >= 11 is 0. The van der Waals surface area contributed by atoms with Gasteiger partial charge in [0.05, 0.1) is 40.4 Å². The highest BCUT2D eigenvalue weighted by molar-refractivity contribution is 7.48.